The lowest BCUT2D eigenvalue weighted by molar-refractivity contribution is 0.355. The Morgan fingerprint density at radius 2 is 1.85 bits per heavy atom. The summed E-state index contributed by atoms with van der Waals surface area (Å²) in [5, 5.41) is 6.77. The molecule has 6 heteroatoms. The molecule has 1 aliphatic rings. The highest BCUT2D eigenvalue weighted by molar-refractivity contribution is 7.80. The molecule has 2 N–H and O–H groups in total. The third-order valence-electron chi connectivity index (χ3n) is 4.56. The zero-order chi connectivity index (χ0) is 18.5. The highest BCUT2D eigenvalue weighted by Crippen LogP contribution is 2.25. The normalized spacial score (nSPS) is 19.9. The topological polar surface area (TPSA) is 40.2 Å². The van der Waals surface area contributed by atoms with Crippen LogP contribution in [0.15, 0.2) is 42.6 Å². The van der Waals surface area contributed by atoms with Crippen molar-refractivity contribution >= 4 is 28.8 Å². The van der Waals surface area contributed by atoms with Gasteiger partial charge in [-0.1, -0.05) is 26.0 Å². The van der Waals surface area contributed by atoms with Gasteiger partial charge in [-0.3, -0.25) is 0 Å². The van der Waals surface area contributed by atoms with Gasteiger partial charge in [0.2, 0.25) is 0 Å². The third-order valence-corrected chi connectivity index (χ3v) is 4.81. The molecule has 2 atom stereocenters. The Kier molecular flexibility index (Phi) is 6.04. The smallest absolute Gasteiger partial charge is 0.171 e. The van der Waals surface area contributed by atoms with Crippen molar-refractivity contribution < 1.29 is 4.39 Å². The fraction of sp³-hybridized carbons (Fsp3) is 0.400. The van der Waals surface area contributed by atoms with Gasteiger partial charge in [0.25, 0.3) is 0 Å². The first-order valence-corrected chi connectivity index (χ1v) is 9.40. The lowest BCUT2D eigenvalue weighted by atomic mass is 9.92. The monoisotopic (exact) mass is 372 g/mol. The van der Waals surface area contributed by atoms with E-state index in [1.165, 1.54) is 18.6 Å². The van der Waals surface area contributed by atoms with Crippen LogP contribution in [-0.2, 0) is 6.54 Å². The molecule has 0 amide bonds. The SMILES string of the molecule is C[C@H]1C[C@H](C)CN(c2ccc(NC(=S)NCc3ccc(F)cc3)cn2)C1. The fourth-order valence-electron chi connectivity index (χ4n) is 3.46. The van der Waals surface area contributed by atoms with Crippen LogP contribution in [0.4, 0.5) is 15.9 Å². The molecule has 138 valence electrons. The van der Waals surface area contributed by atoms with Gasteiger partial charge in [-0.15, -0.1) is 0 Å². The van der Waals surface area contributed by atoms with Crippen LogP contribution in [0.25, 0.3) is 0 Å². The first-order valence-electron chi connectivity index (χ1n) is 9.00. The van der Waals surface area contributed by atoms with Crippen molar-refractivity contribution in [3.05, 3.63) is 54.0 Å². The Hall–Kier alpha value is -2.21. The van der Waals surface area contributed by atoms with Gasteiger partial charge in [-0.25, -0.2) is 9.37 Å². The van der Waals surface area contributed by atoms with Gasteiger partial charge < -0.3 is 15.5 Å². The summed E-state index contributed by atoms with van der Waals surface area (Å²) < 4.78 is 12.9. The molecule has 1 fully saturated rings. The number of anilines is 2. The Balaban J connectivity index is 1.52. The quantitative estimate of drug-likeness (QED) is 0.788. The summed E-state index contributed by atoms with van der Waals surface area (Å²) in [6.45, 7) is 7.25. The van der Waals surface area contributed by atoms with Crippen molar-refractivity contribution in [1.29, 1.82) is 0 Å². The minimum atomic E-state index is -0.238. The molecule has 1 aliphatic heterocycles. The zero-order valence-electron chi connectivity index (χ0n) is 15.2. The lowest BCUT2D eigenvalue weighted by Crippen LogP contribution is -2.39. The zero-order valence-corrected chi connectivity index (χ0v) is 16.0. The molecule has 3 rings (SSSR count). The van der Waals surface area contributed by atoms with E-state index >= 15 is 0 Å². The molecule has 2 heterocycles. The predicted molar refractivity (Wildman–Crippen MR) is 109 cm³/mol. The van der Waals surface area contributed by atoms with E-state index in [4.69, 9.17) is 12.2 Å². The summed E-state index contributed by atoms with van der Waals surface area (Å²) in [7, 11) is 0. The molecule has 1 aromatic heterocycles. The average molecular weight is 373 g/mol. The van der Waals surface area contributed by atoms with Crippen molar-refractivity contribution in [2.75, 3.05) is 23.3 Å². The van der Waals surface area contributed by atoms with Gasteiger partial charge in [0, 0.05) is 19.6 Å². The molecule has 0 radical (unpaired) electrons. The Bertz CT molecular complexity index is 722. The summed E-state index contributed by atoms with van der Waals surface area (Å²) in [5.41, 5.74) is 1.82. The number of hydrogen-bond donors (Lipinski definition) is 2. The third kappa shape index (κ3) is 5.14. The van der Waals surface area contributed by atoms with Crippen molar-refractivity contribution in [2.24, 2.45) is 11.8 Å². The van der Waals surface area contributed by atoms with E-state index in [1.807, 2.05) is 18.3 Å². The number of piperidine rings is 1. The Morgan fingerprint density at radius 1 is 1.15 bits per heavy atom. The van der Waals surface area contributed by atoms with Gasteiger partial charge in [0.05, 0.1) is 11.9 Å². The standard InChI is InChI=1S/C20H25FN4S/c1-14-9-15(2)13-25(12-14)19-8-7-18(11-22-19)24-20(26)23-10-16-3-5-17(21)6-4-16/h3-8,11,14-15H,9-10,12-13H2,1-2H3,(H2,23,24,26)/t14-,15-/m0/s1. The second-order valence-corrected chi connectivity index (χ2v) is 7.60. The first kappa shape index (κ1) is 18.6. The van der Waals surface area contributed by atoms with Crippen LogP contribution < -0.4 is 15.5 Å². The summed E-state index contributed by atoms with van der Waals surface area (Å²) in [4.78, 5) is 6.94. The molecule has 0 aliphatic carbocycles. The predicted octanol–water partition coefficient (Wildman–Crippen LogP) is 4.19. The molecule has 2 aromatic rings. The molecular formula is C20H25FN4S. The summed E-state index contributed by atoms with van der Waals surface area (Å²) in [5.74, 6) is 2.17. The number of nitrogens with zero attached hydrogens (tertiary/aromatic N) is 2. The number of benzene rings is 1. The number of hydrogen-bond acceptors (Lipinski definition) is 3. The maximum atomic E-state index is 12.9. The van der Waals surface area contributed by atoms with E-state index in [0.717, 1.165) is 30.2 Å². The number of nitrogens with one attached hydrogen (secondary N) is 2. The summed E-state index contributed by atoms with van der Waals surface area (Å²) in [6, 6.07) is 10.4. The second-order valence-electron chi connectivity index (χ2n) is 7.19. The maximum absolute atomic E-state index is 12.9. The molecule has 0 spiro atoms. The molecule has 0 bridgehead atoms. The van der Waals surface area contributed by atoms with Gasteiger partial charge in [0.15, 0.2) is 5.11 Å². The van der Waals surface area contributed by atoms with Crippen molar-refractivity contribution in [3.8, 4) is 0 Å². The fourth-order valence-corrected chi connectivity index (χ4v) is 3.65. The minimum absolute atomic E-state index is 0.238. The molecule has 4 nitrogen and oxygen atoms in total. The summed E-state index contributed by atoms with van der Waals surface area (Å²) >= 11 is 5.32. The molecule has 26 heavy (non-hydrogen) atoms. The highest BCUT2D eigenvalue weighted by Gasteiger charge is 2.22. The van der Waals surface area contributed by atoms with Crippen molar-refractivity contribution in [1.82, 2.24) is 10.3 Å². The van der Waals surface area contributed by atoms with Gasteiger partial charge in [-0.2, -0.15) is 0 Å². The molecular weight excluding hydrogens is 347 g/mol. The lowest BCUT2D eigenvalue weighted by Gasteiger charge is -2.35. The summed E-state index contributed by atoms with van der Waals surface area (Å²) in [6.07, 6.45) is 3.09. The van der Waals surface area contributed by atoms with Gasteiger partial charge in [0.1, 0.15) is 11.6 Å². The number of thiocarbonyl (C=S) groups is 1. The van der Waals surface area contributed by atoms with E-state index in [-0.39, 0.29) is 5.82 Å². The van der Waals surface area contributed by atoms with Gasteiger partial charge >= 0.3 is 0 Å². The van der Waals surface area contributed by atoms with E-state index in [2.05, 4.69) is 34.4 Å². The first-order chi connectivity index (χ1) is 12.5. The largest absolute Gasteiger partial charge is 0.358 e. The van der Waals surface area contributed by atoms with Gasteiger partial charge in [-0.05, 0) is 60.3 Å². The van der Waals surface area contributed by atoms with E-state index in [1.54, 1.807) is 12.1 Å². The van der Waals surface area contributed by atoms with Crippen LogP contribution in [0, 0.1) is 17.7 Å². The van der Waals surface area contributed by atoms with E-state index in [0.29, 0.717) is 23.5 Å². The number of aromatic nitrogens is 1. The van der Waals surface area contributed by atoms with E-state index in [9.17, 15) is 4.39 Å². The van der Waals surface area contributed by atoms with Crippen LogP contribution in [-0.4, -0.2) is 23.2 Å². The van der Waals surface area contributed by atoms with E-state index < -0.39 is 0 Å². The Morgan fingerprint density at radius 3 is 2.46 bits per heavy atom. The molecule has 1 saturated heterocycles. The second kappa shape index (κ2) is 8.45. The minimum Gasteiger partial charge on any atom is -0.358 e. The van der Waals surface area contributed by atoms with Crippen molar-refractivity contribution in [2.45, 2.75) is 26.8 Å². The molecule has 1 aromatic carbocycles. The number of pyridine rings is 1. The number of halogens is 1. The molecule has 0 saturated carbocycles. The maximum Gasteiger partial charge on any atom is 0.171 e. The van der Waals surface area contributed by atoms with Crippen LogP contribution in [0.1, 0.15) is 25.8 Å². The van der Waals surface area contributed by atoms with Crippen LogP contribution in [0.3, 0.4) is 0 Å². The van der Waals surface area contributed by atoms with Crippen LogP contribution >= 0.6 is 12.2 Å². The molecule has 0 unspecified atom stereocenters. The highest BCUT2D eigenvalue weighted by atomic mass is 32.1. The Labute approximate surface area is 159 Å². The number of rotatable bonds is 4. The average Bonchev–Trinajstić information content (AvgIpc) is 2.61. The van der Waals surface area contributed by atoms with Crippen LogP contribution in [0.5, 0.6) is 0 Å². The van der Waals surface area contributed by atoms with Crippen molar-refractivity contribution in [3.63, 3.8) is 0 Å². The van der Waals surface area contributed by atoms with Crippen LogP contribution in [0.2, 0.25) is 0 Å².